The average Bonchev–Trinajstić information content (AvgIpc) is 3.03. The van der Waals surface area contributed by atoms with Gasteiger partial charge in [0.1, 0.15) is 12.6 Å². The molecular formula is C24H27NO4. The van der Waals surface area contributed by atoms with Crippen LogP contribution >= 0.6 is 0 Å². The molecule has 0 heterocycles. The van der Waals surface area contributed by atoms with E-state index in [4.69, 9.17) is 9.47 Å². The molecule has 1 aliphatic carbocycles. The van der Waals surface area contributed by atoms with Crippen LogP contribution in [0.5, 0.6) is 0 Å². The van der Waals surface area contributed by atoms with Gasteiger partial charge in [-0.05, 0) is 43.0 Å². The number of hydrogen-bond acceptors (Lipinski definition) is 4. The third-order valence-corrected chi connectivity index (χ3v) is 5.24. The number of benzene rings is 2. The first-order chi connectivity index (χ1) is 13.8. The minimum atomic E-state index is -0.773. The summed E-state index contributed by atoms with van der Waals surface area (Å²) >= 11 is 0. The number of fused-ring (bicyclic) bond motifs is 3. The summed E-state index contributed by atoms with van der Waals surface area (Å²) in [4.78, 5) is 24.3. The van der Waals surface area contributed by atoms with Gasteiger partial charge in [-0.15, -0.1) is 6.58 Å². The molecule has 0 bridgehead atoms. The molecule has 0 saturated heterocycles. The SMILES string of the molecule is C=CC(C)(C)OC[C@H](NC(=O)OCC1c2ccccc2-c2ccccc21)C(C)=O. The van der Waals surface area contributed by atoms with E-state index in [9.17, 15) is 9.59 Å². The molecule has 0 fully saturated rings. The van der Waals surface area contributed by atoms with Crippen molar-refractivity contribution in [2.24, 2.45) is 0 Å². The van der Waals surface area contributed by atoms with E-state index in [1.807, 2.05) is 38.1 Å². The molecule has 0 saturated carbocycles. The Morgan fingerprint density at radius 2 is 1.66 bits per heavy atom. The van der Waals surface area contributed by atoms with Crippen molar-refractivity contribution in [3.63, 3.8) is 0 Å². The number of amides is 1. The molecule has 1 aliphatic rings. The molecule has 29 heavy (non-hydrogen) atoms. The third-order valence-electron chi connectivity index (χ3n) is 5.24. The highest BCUT2D eigenvalue weighted by Crippen LogP contribution is 2.44. The zero-order valence-electron chi connectivity index (χ0n) is 17.1. The fraction of sp³-hybridized carbons (Fsp3) is 0.333. The maximum absolute atomic E-state index is 12.4. The number of ether oxygens (including phenoxy) is 2. The smallest absolute Gasteiger partial charge is 0.407 e. The van der Waals surface area contributed by atoms with Crippen LogP contribution in [-0.4, -0.2) is 36.7 Å². The first-order valence-corrected chi connectivity index (χ1v) is 9.72. The maximum atomic E-state index is 12.4. The van der Waals surface area contributed by atoms with Gasteiger partial charge in [0, 0.05) is 5.92 Å². The van der Waals surface area contributed by atoms with E-state index >= 15 is 0 Å². The van der Waals surface area contributed by atoms with Crippen molar-refractivity contribution < 1.29 is 19.1 Å². The first-order valence-electron chi connectivity index (χ1n) is 9.72. The predicted molar refractivity (Wildman–Crippen MR) is 113 cm³/mol. The van der Waals surface area contributed by atoms with Crippen LogP contribution in [0, 0.1) is 0 Å². The number of rotatable bonds is 8. The monoisotopic (exact) mass is 393 g/mol. The van der Waals surface area contributed by atoms with Crippen LogP contribution in [0.15, 0.2) is 61.2 Å². The van der Waals surface area contributed by atoms with E-state index in [1.165, 1.54) is 18.1 Å². The van der Waals surface area contributed by atoms with E-state index < -0.39 is 17.7 Å². The molecule has 2 aromatic carbocycles. The summed E-state index contributed by atoms with van der Waals surface area (Å²) in [5.74, 6) is -0.224. The largest absolute Gasteiger partial charge is 0.449 e. The lowest BCUT2D eigenvalue weighted by atomic mass is 9.98. The molecule has 5 nitrogen and oxygen atoms in total. The topological polar surface area (TPSA) is 64.6 Å². The average molecular weight is 393 g/mol. The van der Waals surface area contributed by atoms with Gasteiger partial charge in [0.2, 0.25) is 0 Å². The van der Waals surface area contributed by atoms with Crippen molar-refractivity contribution in [1.82, 2.24) is 5.32 Å². The molecule has 1 atom stereocenters. The molecule has 3 rings (SSSR count). The Morgan fingerprint density at radius 3 is 2.17 bits per heavy atom. The number of carbonyl (C=O) groups is 2. The Hall–Kier alpha value is -2.92. The van der Waals surface area contributed by atoms with Gasteiger partial charge in [-0.2, -0.15) is 0 Å². The number of carbonyl (C=O) groups excluding carboxylic acids is 2. The quantitative estimate of drug-likeness (QED) is 0.673. The van der Waals surface area contributed by atoms with Gasteiger partial charge in [0.05, 0.1) is 12.2 Å². The fourth-order valence-corrected chi connectivity index (χ4v) is 3.40. The van der Waals surface area contributed by atoms with Crippen molar-refractivity contribution in [2.45, 2.75) is 38.3 Å². The second-order valence-corrected chi connectivity index (χ2v) is 7.75. The van der Waals surface area contributed by atoms with Crippen molar-refractivity contribution in [3.05, 3.63) is 72.3 Å². The van der Waals surface area contributed by atoms with Crippen molar-refractivity contribution in [3.8, 4) is 11.1 Å². The van der Waals surface area contributed by atoms with Crippen LogP contribution in [0.1, 0.15) is 37.8 Å². The van der Waals surface area contributed by atoms with Crippen LogP contribution in [0.2, 0.25) is 0 Å². The van der Waals surface area contributed by atoms with Crippen molar-refractivity contribution in [1.29, 1.82) is 0 Å². The van der Waals surface area contributed by atoms with Crippen molar-refractivity contribution >= 4 is 11.9 Å². The fourth-order valence-electron chi connectivity index (χ4n) is 3.40. The number of ketones is 1. The number of alkyl carbamates (subject to hydrolysis) is 1. The Bertz CT molecular complexity index is 873. The summed E-state index contributed by atoms with van der Waals surface area (Å²) in [5, 5.41) is 2.62. The summed E-state index contributed by atoms with van der Waals surface area (Å²) in [7, 11) is 0. The van der Waals surface area contributed by atoms with Gasteiger partial charge in [0.15, 0.2) is 5.78 Å². The lowest BCUT2D eigenvalue weighted by molar-refractivity contribution is -0.121. The summed E-state index contributed by atoms with van der Waals surface area (Å²) in [5.41, 5.74) is 4.02. The summed E-state index contributed by atoms with van der Waals surface area (Å²) in [6.07, 6.45) is 1.02. The standard InChI is InChI=1S/C24H27NO4/c1-5-24(3,4)29-15-22(16(2)26)25-23(27)28-14-21-19-12-8-6-10-17(19)18-11-7-9-13-20(18)21/h5-13,21-22H,1,14-15H2,2-4H3,(H,25,27)/t22-/m0/s1. The molecule has 1 N–H and O–H groups in total. The second kappa shape index (κ2) is 8.62. The lowest BCUT2D eigenvalue weighted by Gasteiger charge is -2.24. The van der Waals surface area contributed by atoms with Gasteiger partial charge >= 0.3 is 6.09 Å². The zero-order chi connectivity index (χ0) is 21.0. The van der Waals surface area contributed by atoms with E-state index in [0.717, 1.165) is 11.1 Å². The molecule has 0 radical (unpaired) electrons. The van der Waals surface area contributed by atoms with Crippen LogP contribution < -0.4 is 5.32 Å². The molecule has 1 amide bonds. The minimum Gasteiger partial charge on any atom is -0.449 e. The minimum absolute atomic E-state index is 0.0279. The number of nitrogens with one attached hydrogen (secondary N) is 1. The van der Waals surface area contributed by atoms with Gasteiger partial charge in [-0.3, -0.25) is 4.79 Å². The molecule has 2 aromatic rings. The van der Waals surface area contributed by atoms with Gasteiger partial charge in [0.25, 0.3) is 0 Å². The van der Waals surface area contributed by atoms with Crippen LogP contribution in [0.25, 0.3) is 11.1 Å². The molecule has 5 heteroatoms. The maximum Gasteiger partial charge on any atom is 0.407 e. The Labute approximate surface area is 171 Å². The second-order valence-electron chi connectivity index (χ2n) is 7.75. The Morgan fingerprint density at radius 1 is 1.10 bits per heavy atom. The third kappa shape index (κ3) is 4.74. The normalized spacial score (nSPS) is 13.9. The predicted octanol–water partition coefficient (Wildman–Crippen LogP) is 4.46. The van der Waals surface area contributed by atoms with Gasteiger partial charge < -0.3 is 14.8 Å². The first kappa shape index (κ1) is 20.8. The van der Waals surface area contributed by atoms with Gasteiger partial charge in [-0.25, -0.2) is 4.79 Å². The summed E-state index contributed by atoms with van der Waals surface area (Å²) in [6, 6.07) is 15.5. The summed E-state index contributed by atoms with van der Waals surface area (Å²) < 4.78 is 11.2. The van der Waals surface area contributed by atoms with E-state index in [2.05, 4.69) is 36.2 Å². The molecule has 0 unspecified atom stereocenters. The zero-order valence-corrected chi connectivity index (χ0v) is 17.1. The van der Waals surface area contributed by atoms with Gasteiger partial charge in [-0.1, -0.05) is 54.6 Å². The van der Waals surface area contributed by atoms with E-state index in [1.54, 1.807) is 6.08 Å². The van der Waals surface area contributed by atoms with Crippen LogP contribution in [-0.2, 0) is 14.3 Å². The summed E-state index contributed by atoms with van der Waals surface area (Å²) in [6.45, 7) is 9.05. The van der Waals surface area contributed by atoms with Crippen molar-refractivity contribution in [2.75, 3.05) is 13.2 Å². The molecular weight excluding hydrogens is 366 g/mol. The van der Waals surface area contributed by atoms with E-state index in [-0.39, 0.29) is 24.9 Å². The van der Waals surface area contributed by atoms with Crippen LogP contribution in [0.3, 0.4) is 0 Å². The molecule has 0 spiro atoms. The Balaban J connectivity index is 1.64. The number of hydrogen-bond donors (Lipinski definition) is 1. The highest BCUT2D eigenvalue weighted by atomic mass is 16.5. The van der Waals surface area contributed by atoms with E-state index in [0.29, 0.717) is 0 Å². The lowest BCUT2D eigenvalue weighted by Crippen LogP contribution is -2.45. The Kier molecular flexibility index (Phi) is 6.18. The molecule has 0 aromatic heterocycles. The van der Waals surface area contributed by atoms with Crippen LogP contribution in [0.4, 0.5) is 4.79 Å². The molecule has 152 valence electrons. The number of Topliss-reactive ketones (excluding diaryl/α,β-unsaturated/α-hetero) is 1. The highest BCUT2D eigenvalue weighted by Gasteiger charge is 2.29. The highest BCUT2D eigenvalue weighted by molar-refractivity contribution is 5.85. The molecule has 0 aliphatic heterocycles.